The van der Waals surface area contributed by atoms with Gasteiger partial charge in [0, 0.05) is 145 Å². The van der Waals surface area contributed by atoms with Crippen molar-refractivity contribution in [2.45, 2.75) is 169 Å². The number of rotatable bonds is 12. The molecular formula is C95H124Br6F3N19O13. The van der Waals surface area contributed by atoms with Gasteiger partial charge in [0.05, 0.1) is 39.3 Å². The van der Waals surface area contributed by atoms with Crippen LogP contribution in [0.3, 0.4) is 0 Å². The molecule has 0 unspecified atom stereocenters. The zero-order chi connectivity index (χ0) is 93.0. The number of pyridine rings is 6. The molecule has 0 saturated heterocycles. The summed E-state index contributed by atoms with van der Waals surface area (Å²) < 4.78 is 57.6. The lowest BCUT2D eigenvalue weighted by Gasteiger charge is -2.26. The van der Waals surface area contributed by atoms with Gasteiger partial charge in [-0.25, -0.2) is 39.5 Å². The van der Waals surface area contributed by atoms with Crippen LogP contribution in [0.5, 0.6) is 0 Å². The molecule has 0 spiro atoms. The largest absolute Gasteiger partial charge is 0.471 e. The van der Waals surface area contributed by atoms with E-state index >= 15 is 0 Å². The van der Waals surface area contributed by atoms with Gasteiger partial charge in [-0.05, 0) is 207 Å². The number of carbonyl (C=O) groups is 10. The second-order valence-corrected chi connectivity index (χ2v) is 35.1. The molecule has 41 heteroatoms. The summed E-state index contributed by atoms with van der Waals surface area (Å²) in [5.74, 6) is -1.44. The van der Waals surface area contributed by atoms with Crippen molar-refractivity contribution < 1.29 is 75.3 Å². The van der Waals surface area contributed by atoms with E-state index in [0.29, 0.717) is 103 Å². The van der Waals surface area contributed by atoms with Crippen molar-refractivity contribution in [3.63, 3.8) is 0 Å². The third kappa shape index (κ3) is 39.8. The summed E-state index contributed by atoms with van der Waals surface area (Å²) in [7, 11) is 0. The van der Waals surface area contributed by atoms with Gasteiger partial charge in [-0.1, -0.05) is 141 Å². The number of carbonyl (C=O) groups excluding carboxylic acids is 10. The molecule has 6 aliphatic heterocycles. The first-order valence-electron chi connectivity index (χ1n) is 39.9. The topological polar surface area (TPSA) is 416 Å². The number of anilines is 6. The van der Waals surface area contributed by atoms with Gasteiger partial charge in [0.25, 0.3) is 0 Å². The smallest absolute Gasteiger partial charge is 0.465 e. The lowest BCUT2D eigenvalue weighted by molar-refractivity contribution is -0.186. The van der Waals surface area contributed by atoms with E-state index in [0.717, 1.165) is 63.9 Å². The predicted molar refractivity (Wildman–Crippen MR) is 554 cm³/mol. The molecule has 8 aromatic rings. The van der Waals surface area contributed by atoms with E-state index in [1.807, 2.05) is 84.9 Å². The van der Waals surface area contributed by atoms with Gasteiger partial charge >= 0.3 is 30.2 Å². The number of hydrogen-bond acceptors (Lipinski definition) is 23. The normalized spacial score (nSPS) is 14.0. The highest BCUT2D eigenvalue weighted by molar-refractivity contribution is 9.11. The monoisotopic (exact) mass is 2270 g/mol. The number of nitrogens with zero attached hydrogens (tertiary/aromatic N) is 11. The summed E-state index contributed by atoms with van der Waals surface area (Å²) in [5.41, 5.74) is 20.4. The number of alkyl halides is 4. The van der Waals surface area contributed by atoms with E-state index in [1.54, 1.807) is 95.3 Å². The van der Waals surface area contributed by atoms with Gasteiger partial charge in [0.2, 0.25) is 35.4 Å². The first-order chi connectivity index (χ1) is 60.7. The third-order valence-corrected chi connectivity index (χ3v) is 20.9. The van der Waals surface area contributed by atoms with Gasteiger partial charge in [0.15, 0.2) is 0 Å². The van der Waals surface area contributed by atoms with Crippen LogP contribution >= 0.6 is 96.6 Å². The Morgan fingerprint density at radius 3 is 1.24 bits per heavy atom. The van der Waals surface area contributed by atoms with Crippen LogP contribution in [0, 0.1) is 0 Å². The van der Waals surface area contributed by atoms with Crippen molar-refractivity contribution in [3.05, 3.63) is 232 Å². The number of esters is 1. The van der Waals surface area contributed by atoms with E-state index in [1.165, 1.54) is 57.0 Å². The molecule has 0 saturated carbocycles. The standard InChI is InChI=1S/C27H30N4O4.C24H21F3N4O3.C13H16BrN3O3.C10H14BrN3O2.C8H8BrN3O.C6H6Br2N2.7CH4.BrH/c1-27(2,3)35-26(34)31-17-22-15-19(16-28-25(22)29-23(32)18-31)9-10-24(33)30-13-11-21(12-14-30)20-7-5-4-6-8-20;25-24(26,27)23(34)31-14-19-12-16(13-28-22(19)29-20(32)15-31)6-7-21(33)30-10-8-18(9-11-30)17-4-2-1-3-5-17;1-13(2,3)20-12(19)17-6-8-4-9(14)5-15-11(8)16-10(18)7-17;1-2-16-9(15)6-13-4-7-3-8(11)5-14-10(7)12;9-6-1-5-2-10-4-7(13)12-8(5)11-3-6;7-2-4-1-5(8)3-10-6(4)9;;;;;;;;/h4-11,15-16H,12-14,17-18H2,1-3H3,(H,28,29,32);1-8,12-13H,9-11,14-15H2,(H,28,29,32);4-5H,6-7H2,1-3H3,(H,15,16,18);3,5,13H,2,4,6H2,1H3,(H2,12,14);1,3,10H,2,4H2,(H,11,12,13);1,3H,2H2,(H2,9,10);7*1H4;1H/b10-9+;7-6+;;;;;;;;;;;;. The fraction of sp³-hybridized carbons (Fsp3) is 0.368. The number of nitrogen functional groups attached to an aromatic ring is 2. The molecule has 10 N–H and O–H groups in total. The Morgan fingerprint density at radius 1 is 0.478 bits per heavy atom. The number of ether oxygens (including phenoxy) is 3. The Balaban J connectivity index is 0.000000848. The quantitative estimate of drug-likeness (QED) is 0.0244. The second-order valence-electron chi connectivity index (χ2n) is 30.9. The van der Waals surface area contributed by atoms with Crippen LogP contribution in [-0.2, 0) is 90.6 Å². The zero-order valence-electron chi connectivity index (χ0n) is 71.2. The molecule has 9 amide bonds. The number of benzene rings is 2. The molecule has 32 nitrogen and oxygen atoms in total. The molecular weight excluding hydrogens is 2150 g/mol. The molecule has 14 rings (SSSR count). The summed E-state index contributed by atoms with van der Waals surface area (Å²) in [5, 5.41) is 17.2. The van der Waals surface area contributed by atoms with Crippen molar-refractivity contribution >= 4 is 214 Å². The molecule has 12 heterocycles. The fourth-order valence-corrected chi connectivity index (χ4v) is 14.5. The molecule has 6 aliphatic rings. The SMILES string of the molecule is Br.C.C.C.C.C.C.C.CC(C)(C)OC(=O)N1CC(=O)Nc2ncc(/C=C/C(=O)N3CC=C(c4ccccc4)CC3)cc2C1.CC(C)(C)OC(=O)N1CC(=O)Nc2ncc(Br)cc2C1.CCOC(=O)CNCc1cc(Br)cnc1N.Nc1ncc(Br)cc1CBr.O=C1CN(C(=O)C(F)(F)F)Cc2cc(/C=C/C(=O)N3CC=C(c4ccccc4)CC3)cnc2N1.O=C1CNCc2cc(Br)cnc2N1. The number of fused-ring (bicyclic) bond motifs is 4. The molecule has 0 atom stereocenters. The minimum absolute atomic E-state index is 0. The van der Waals surface area contributed by atoms with Crippen molar-refractivity contribution in [1.82, 2.24) is 65.0 Å². The number of nitrogens with two attached hydrogens (primary N) is 2. The number of nitrogens with one attached hydrogen (secondary N) is 6. The van der Waals surface area contributed by atoms with Crippen LogP contribution in [0.4, 0.5) is 57.7 Å². The van der Waals surface area contributed by atoms with Crippen LogP contribution in [0.15, 0.2) is 176 Å². The van der Waals surface area contributed by atoms with E-state index in [4.69, 9.17) is 25.7 Å². The molecule has 740 valence electrons. The highest BCUT2D eigenvalue weighted by Crippen LogP contribution is 2.31. The van der Waals surface area contributed by atoms with Crippen LogP contribution in [0.2, 0.25) is 0 Å². The van der Waals surface area contributed by atoms with E-state index in [9.17, 15) is 61.1 Å². The van der Waals surface area contributed by atoms with Crippen LogP contribution in [0.25, 0.3) is 23.3 Å². The number of halogens is 9. The average molecular weight is 2280 g/mol. The molecule has 6 aromatic heterocycles. The van der Waals surface area contributed by atoms with Crippen molar-refractivity contribution in [1.29, 1.82) is 0 Å². The summed E-state index contributed by atoms with van der Waals surface area (Å²) in [6, 6.07) is 31.0. The molecule has 0 fully saturated rings. The maximum absolute atomic E-state index is 12.9. The third-order valence-electron chi connectivity index (χ3n) is 18.5. The molecule has 0 bridgehead atoms. The molecule has 2 aromatic carbocycles. The van der Waals surface area contributed by atoms with Gasteiger partial charge in [-0.3, -0.25) is 48.2 Å². The van der Waals surface area contributed by atoms with Crippen LogP contribution in [-0.4, -0.2) is 197 Å². The first-order valence-corrected chi connectivity index (χ1v) is 44.2. The molecule has 136 heavy (non-hydrogen) atoms. The summed E-state index contributed by atoms with van der Waals surface area (Å²) in [4.78, 5) is 151. The highest BCUT2D eigenvalue weighted by atomic mass is 79.9. The Morgan fingerprint density at radius 2 is 0.846 bits per heavy atom. The predicted octanol–water partition coefficient (Wildman–Crippen LogP) is 19.2. The average Bonchev–Trinajstić information content (AvgIpc) is 1.68. The van der Waals surface area contributed by atoms with Crippen molar-refractivity contribution in [2.75, 3.05) is 98.2 Å². The van der Waals surface area contributed by atoms with Gasteiger partial charge in [-0.15, -0.1) is 17.0 Å². The van der Waals surface area contributed by atoms with Crippen molar-refractivity contribution in [3.8, 4) is 0 Å². The van der Waals surface area contributed by atoms with Crippen LogP contribution in [0.1, 0.15) is 169 Å². The Bertz CT molecular complexity index is 5500. The Labute approximate surface area is 847 Å². The number of amides is 9. The molecule has 0 radical (unpaired) electrons. The van der Waals surface area contributed by atoms with Gasteiger partial charge < -0.3 is 72.3 Å². The van der Waals surface area contributed by atoms with E-state index < -0.39 is 54.5 Å². The fourth-order valence-electron chi connectivity index (χ4n) is 12.5. The highest BCUT2D eigenvalue weighted by Gasteiger charge is 2.44. The summed E-state index contributed by atoms with van der Waals surface area (Å²) in [6.45, 7) is 15.9. The maximum atomic E-state index is 12.9. The Hall–Kier alpha value is -11.2. The van der Waals surface area contributed by atoms with E-state index in [-0.39, 0.29) is 149 Å². The van der Waals surface area contributed by atoms with Crippen molar-refractivity contribution in [2.24, 2.45) is 0 Å². The second kappa shape index (κ2) is 58.4. The van der Waals surface area contributed by atoms with E-state index in [2.05, 4.69) is 160 Å². The number of aromatic nitrogens is 6. The summed E-state index contributed by atoms with van der Waals surface area (Å²) >= 11 is 16.6. The Kier molecular flexibility index (Phi) is 52.7. The van der Waals surface area contributed by atoms with Gasteiger partial charge in [0.1, 0.15) is 65.7 Å². The number of hydrogen-bond donors (Lipinski definition) is 8. The van der Waals surface area contributed by atoms with Gasteiger partial charge in [-0.2, -0.15) is 13.2 Å². The minimum Gasteiger partial charge on any atom is -0.465 e. The lowest BCUT2D eigenvalue weighted by Crippen LogP contribution is -2.43. The maximum Gasteiger partial charge on any atom is 0.471 e. The first kappa shape index (κ1) is 123. The minimum atomic E-state index is -5.09. The lowest BCUT2D eigenvalue weighted by atomic mass is 9.99. The zero-order valence-corrected chi connectivity index (χ0v) is 80.9. The summed E-state index contributed by atoms with van der Waals surface area (Å²) in [6.07, 6.45) is 15.2. The van der Waals surface area contributed by atoms with Crippen LogP contribution < -0.4 is 43.4 Å². The molecule has 0 aliphatic carbocycles.